The summed E-state index contributed by atoms with van der Waals surface area (Å²) in [6, 6.07) is 1.14. The van der Waals surface area contributed by atoms with Gasteiger partial charge in [-0.2, -0.15) is 0 Å². The Labute approximate surface area is 112 Å². The number of carbonyl (C=O) groups is 2. The van der Waals surface area contributed by atoms with Crippen LogP contribution in [0.25, 0.3) is 0 Å². The summed E-state index contributed by atoms with van der Waals surface area (Å²) in [5.74, 6) is -3.14. The smallest absolute Gasteiger partial charge is 0.326 e. The minimum atomic E-state index is -1.30. The number of nitro groups is 1. The summed E-state index contributed by atoms with van der Waals surface area (Å²) >= 11 is 0. The van der Waals surface area contributed by atoms with Crippen molar-refractivity contribution in [3.63, 3.8) is 0 Å². The van der Waals surface area contributed by atoms with Crippen LogP contribution in [0.15, 0.2) is 30.9 Å². The van der Waals surface area contributed by atoms with Gasteiger partial charge in [-0.1, -0.05) is 6.08 Å². The average molecular weight is 282 g/mol. The summed E-state index contributed by atoms with van der Waals surface area (Å²) in [7, 11) is 0. The molecule has 20 heavy (non-hydrogen) atoms. The van der Waals surface area contributed by atoms with Gasteiger partial charge in [0.2, 0.25) is 0 Å². The third-order valence-electron chi connectivity index (χ3n) is 2.41. The zero-order chi connectivity index (χ0) is 15.3. The number of nitro benzene ring substituents is 1. The highest BCUT2D eigenvalue weighted by Crippen LogP contribution is 2.19. The topological polar surface area (TPSA) is 110 Å². The van der Waals surface area contributed by atoms with Crippen molar-refractivity contribution < 1.29 is 24.0 Å². The van der Waals surface area contributed by atoms with Crippen LogP contribution >= 0.6 is 0 Å². The molecule has 0 aromatic heterocycles. The van der Waals surface area contributed by atoms with Gasteiger partial charge in [-0.25, -0.2) is 9.18 Å². The van der Waals surface area contributed by atoms with Crippen molar-refractivity contribution in [2.45, 2.75) is 12.5 Å². The standard InChI is InChI=1S/C12H11FN2O5/c1-2-3-9(12(17)18)14-11(16)8-5-4-7(13)6-10(8)15(19)20/h2,4-6,9H,1,3H2,(H,14,16)(H,17,18). The molecule has 1 rings (SSSR count). The summed E-state index contributed by atoms with van der Waals surface area (Å²) in [5.41, 5.74) is -1.14. The largest absolute Gasteiger partial charge is 0.480 e. The van der Waals surface area contributed by atoms with Gasteiger partial charge in [0, 0.05) is 0 Å². The van der Waals surface area contributed by atoms with Crippen LogP contribution in [-0.2, 0) is 4.79 Å². The molecule has 0 saturated heterocycles. The molecule has 0 bridgehead atoms. The minimum Gasteiger partial charge on any atom is -0.480 e. The number of carboxylic acids is 1. The zero-order valence-electron chi connectivity index (χ0n) is 10.2. The Balaban J connectivity index is 3.05. The molecule has 0 aliphatic heterocycles. The molecule has 0 aliphatic rings. The predicted octanol–water partition coefficient (Wildman–Crippen LogP) is 1.49. The van der Waals surface area contributed by atoms with Crippen molar-refractivity contribution in [1.29, 1.82) is 0 Å². The molecule has 0 fully saturated rings. The lowest BCUT2D eigenvalue weighted by molar-refractivity contribution is -0.385. The van der Waals surface area contributed by atoms with Gasteiger partial charge in [-0.05, 0) is 18.6 Å². The Morgan fingerprint density at radius 1 is 1.55 bits per heavy atom. The number of aliphatic carboxylic acids is 1. The maximum Gasteiger partial charge on any atom is 0.326 e. The van der Waals surface area contributed by atoms with Gasteiger partial charge in [0.1, 0.15) is 17.4 Å². The first kappa shape index (κ1) is 15.3. The Bertz CT molecular complexity index is 573. The van der Waals surface area contributed by atoms with Crippen molar-refractivity contribution in [3.05, 3.63) is 52.3 Å². The van der Waals surface area contributed by atoms with Crippen LogP contribution in [0, 0.1) is 15.9 Å². The normalized spacial score (nSPS) is 11.4. The van der Waals surface area contributed by atoms with Crippen LogP contribution in [-0.4, -0.2) is 27.9 Å². The number of hydrogen-bond acceptors (Lipinski definition) is 4. The molecular formula is C12H11FN2O5. The fourth-order valence-electron chi connectivity index (χ4n) is 1.47. The summed E-state index contributed by atoms with van der Waals surface area (Å²) in [5, 5.41) is 21.7. The number of carbonyl (C=O) groups excluding carboxylic acids is 1. The fourth-order valence-corrected chi connectivity index (χ4v) is 1.47. The van der Waals surface area contributed by atoms with Crippen LogP contribution in [0.2, 0.25) is 0 Å². The number of hydrogen-bond donors (Lipinski definition) is 2. The molecule has 1 amide bonds. The lowest BCUT2D eigenvalue weighted by Gasteiger charge is -2.12. The Hall–Kier alpha value is -2.77. The van der Waals surface area contributed by atoms with Crippen molar-refractivity contribution in [3.8, 4) is 0 Å². The number of nitrogens with zero attached hydrogens (tertiary/aromatic N) is 1. The molecule has 1 unspecified atom stereocenters. The monoisotopic (exact) mass is 282 g/mol. The molecule has 7 nitrogen and oxygen atoms in total. The van der Waals surface area contributed by atoms with E-state index in [4.69, 9.17) is 5.11 Å². The van der Waals surface area contributed by atoms with E-state index < -0.39 is 39.9 Å². The minimum absolute atomic E-state index is 0.0456. The molecule has 1 atom stereocenters. The summed E-state index contributed by atoms with van der Waals surface area (Å²) < 4.78 is 12.9. The number of nitrogens with one attached hydrogen (secondary N) is 1. The van der Waals surface area contributed by atoms with E-state index >= 15 is 0 Å². The number of benzene rings is 1. The maximum absolute atomic E-state index is 12.9. The van der Waals surface area contributed by atoms with E-state index in [0.717, 1.165) is 12.1 Å². The van der Waals surface area contributed by atoms with E-state index in [1.54, 1.807) is 0 Å². The molecule has 8 heteroatoms. The first-order chi connectivity index (χ1) is 9.36. The molecule has 1 aromatic rings. The highest BCUT2D eigenvalue weighted by molar-refractivity contribution is 6.00. The van der Waals surface area contributed by atoms with Gasteiger partial charge < -0.3 is 10.4 Å². The van der Waals surface area contributed by atoms with Crippen LogP contribution in [0.1, 0.15) is 16.8 Å². The van der Waals surface area contributed by atoms with E-state index in [1.807, 2.05) is 0 Å². The van der Waals surface area contributed by atoms with Gasteiger partial charge in [0.25, 0.3) is 11.6 Å². The molecule has 0 saturated carbocycles. The van der Waals surface area contributed by atoms with Gasteiger partial charge in [-0.3, -0.25) is 14.9 Å². The molecule has 106 valence electrons. The van der Waals surface area contributed by atoms with Gasteiger partial charge in [-0.15, -0.1) is 6.58 Å². The first-order valence-corrected chi connectivity index (χ1v) is 5.45. The van der Waals surface area contributed by atoms with Crippen LogP contribution in [0.3, 0.4) is 0 Å². The Morgan fingerprint density at radius 3 is 2.70 bits per heavy atom. The van der Waals surface area contributed by atoms with Crippen molar-refractivity contribution in [1.82, 2.24) is 5.32 Å². The van der Waals surface area contributed by atoms with E-state index in [2.05, 4.69) is 11.9 Å². The maximum atomic E-state index is 12.9. The van der Waals surface area contributed by atoms with Crippen LogP contribution < -0.4 is 5.32 Å². The second kappa shape index (κ2) is 6.41. The fraction of sp³-hybridized carbons (Fsp3) is 0.167. The zero-order valence-corrected chi connectivity index (χ0v) is 10.2. The summed E-state index contributed by atoms with van der Waals surface area (Å²) in [6.45, 7) is 3.35. The summed E-state index contributed by atoms with van der Waals surface area (Å²) in [4.78, 5) is 32.5. The second-order valence-corrected chi connectivity index (χ2v) is 3.81. The lowest BCUT2D eigenvalue weighted by Crippen LogP contribution is -2.40. The molecule has 0 heterocycles. The van der Waals surface area contributed by atoms with Crippen LogP contribution in [0.5, 0.6) is 0 Å². The third kappa shape index (κ3) is 3.61. The highest BCUT2D eigenvalue weighted by atomic mass is 19.1. The van der Waals surface area contributed by atoms with Gasteiger partial charge in [0.15, 0.2) is 0 Å². The van der Waals surface area contributed by atoms with E-state index in [9.17, 15) is 24.1 Å². The number of rotatable bonds is 6. The molecular weight excluding hydrogens is 271 g/mol. The van der Waals surface area contributed by atoms with Crippen molar-refractivity contribution >= 4 is 17.6 Å². The number of amides is 1. The predicted molar refractivity (Wildman–Crippen MR) is 66.8 cm³/mol. The van der Waals surface area contributed by atoms with Gasteiger partial charge in [0.05, 0.1) is 11.0 Å². The average Bonchev–Trinajstić information content (AvgIpc) is 2.37. The highest BCUT2D eigenvalue weighted by Gasteiger charge is 2.25. The van der Waals surface area contributed by atoms with E-state index in [0.29, 0.717) is 6.07 Å². The second-order valence-electron chi connectivity index (χ2n) is 3.81. The van der Waals surface area contributed by atoms with E-state index in [1.165, 1.54) is 6.08 Å². The molecule has 0 aliphatic carbocycles. The molecule has 2 N–H and O–H groups in total. The first-order valence-electron chi connectivity index (χ1n) is 5.45. The molecule has 0 spiro atoms. The Morgan fingerprint density at radius 2 is 2.20 bits per heavy atom. The number of halogens is 1. The molecule has 0 radical (unpaired) electrons. The van der Waals surface area contributed by atoms with Crippen molar-refractivity contribution in [2.75, 3.05) is 0 Å². The third-order valence-corrected chi connectivity index (χ3v) is 2.41. The SMILES string of the molecule is C=CCC(NC(=O)c1ccc(F)cc1[N+](=O)[O-])C(=O)O. The molecule has 1 aromatic carbocycles. The summed E-state index contributed by atoms with van der Waals surface area (Å²) in [6.07, 6.45) is 1.24. The lowest BCUT2D eigenvalue weighted by atomic mass is 10.1. The van der Waals surface area contributed by atoms with Gasteiger partial charge >= 0.3 is 5.97 Å². The quantitative estimate of drug-likeness (QED) is 0.466. The Kier molecular flexibility index (Phi) is 4.90. The van der Waals surface area contributed by atoms with E-state index in [-0.39, 0.29) is 6.42 Å². The van der Waals surface area contributed by atoms with Crippen LogP contribution in [0.4, 0.5) is 10.1 Å². The number of carboxylic acid groups (broad SMARTS) is 1. The van der Waals surface area contributed by atoms with Crippen molar-refractivity contribution in [2.24, 2.45) is 0 Å².